The molecule has 2 atom stereocenters. The molecule has 0 aliphatic carbocycles. The molecule has 3 aromatic heterocycles. The number of anilines is 3. The summed E-state index contributed by atoms with van der Waals surface area (Å²) in [5.41, 5.74) is 1.47. The van der Waals surface area contributed by atoms with Crippen molar-refractivity contribution in [2.24, 2.45) is 0 Å². The van der Waals surface area contributed by atoms with Crippen LogP contribution in [0.2, 0.25) is 0 Å². The van der Waals surface area contributed by atoms with E-state index < -0.39 is 12.2 Å². The molecule has 1 aliphatic rings. The molecule has 3 N–H and O–H groups in total. The van der Waals surface area contributed by atoms with Crippen LogP contribution in [-0.4, -0.2) is 60.8 Å². The number of aromatic nitrogens is 5. The van der Waals surface area contributed by atoms with E-state index in [-0.39, 0.29) is 24.8 Å². The lowest BCUT2D eigenvalue weighted by atomic mass is 10.0. The highest BCUT2D eigenvalue weighted by molar-refractivity contribution is 5.94. The lowest BCUT2D eigenvalue weighted by Gasteiger charge is -2.35. The van der Waals surface area contributed by atoms with Crippen LogP contribution in [0.4, 0.5) is 21.8 Å². The number of piperidine rings is 1. The first-order valence-electron chi connectivity index (χ1n) is 9.93. The number of H-pyrrole nitrogens is 1. The summed E-state index contributed by atoms with van der Waals surface area (Å²) in [5.74, 6) is 0.331. The SMILES string of the molecule is C=CC(=O)N1CC[C@@H](F)[C@@H](Nc2nc(Nc3cnn(CC)c3)nc3[nH]cc(C#N)c23)C1. The fourth-order valence-corrected chi connectivity index (χ4v) is 3.58. The number of nitriles is 1. The third-order valence-electron chi connectivity index (χ3n) is 5.20. The number of alkyl halides is 1. The van der Waals surface area contributed by atoms with Gasteiger partial charge in [-0.05, 0) is 19.4 Å². The van der Waals surface area contributed by atoms with Crippen LogP contribution >= 0.6 is 0 Å². The maximum absolute atomic E-state index is 14.7. The van der Waals surface area contributed by atoms with Gasteiger partial charge in [-0.15, -0.1) is 0 Å². The first-order chi connectivity index (χ1) is 15.0. The highest BCUT2D eigenvalue weighted by atomic mass is 19.1. The fourth-order valence-electron chi connectivity index (χ4n) is 3.58. The van der Waals surface area contributed by atoms with Gasteiger partial charge in [-0.1, -0.05) is 6.58 Å². The number of nitrogens with zero attached hydrogens (tertiary/aromatic N) is 6. The summed E-state index contributed by atoms with van der Waals surface area (Å²) in [6.45, 7) is 6.68. The summed E-state index contributed by atoms with van der Waals surface area (Å²) in [4.78, 5) is 25.4. The maximum atomic E-state index is 14.7. The Kier molecular flexibility index (Phi) is 5.53. The number of carbonyl (C=O) groups is 1. The Morgan fingerprint density at radius 1 is 1.52 bits per heavy atom. The van der Waals surface area contributed by atoms with Crippen LogP contribution < -0.4 is 10.6 Å². The zero-order valence-corrected chi connectivity index (χ0v) is 17.0. The van der Waals surface area contributed by atoms with Crippen LogP contribution in [0.1, 0.15) is 18.9 Å². The second-order valence-corrected chi connectivity index (χ2v) is 7.19. The Morgan fingerprint density at radius 3 is 3.06 bits per heavy atom. The number of fused-ring (bicyclic) bond motifs is 1. The minimum atomic E-state index is -1.18. The second-order valence-electron chi connectivity index (χ2n) is 7.19. The molecule has 0 radical (unpaired) electrons. The minimum Gasteiger partial charge on any atom is -0.362 e. The zero-order valence-electron chi connectivity index (χ0n) is 17.0. The molecular weight excluding hydrogens is 401 g/mol. The van der Waals surface area contributed by atoms with E-state index in [1.165, 1.54) is 12.3 Å². The summed E-state index contributed by atoms with van der Waals surface area (Å²) in [6.07, 6.45) is 5.24. The number of aromatic amines is 1. The fraction of sp³-hybridized carbons (Fsp3) is 0.350. The lowest BCUT2D eigenvalue weighted by molar-refractivity contribution is -0.127. The molecule has 4 heterocycles. The van der Waals surface area contributed by atoms with Crippen LogP contribution in [0.25, 0.3) is 11.0 Å². The van der Waals surface area contributed by atoms with E-state index in [9.17, 15) is 14.4 Å². The van der Waals surface area contributed by atoms with E-state index in [4.69, 9.17) is 0 Å². The predicted octanol–water partition coefficient (Wildman–Crippen LogP) is 2.33. The quantitative estimate of drug-likeness (QED) is 0.519. The van der Waals surface area contributed by atoms with E-state index in [0.29, 0.717) is 34.6 Å². The molecule has 0 aromatic carbocycles. The number of aryl methyl sites for hydroxylation is 1. The monoisotopic (exact) mass is 423 g/mol. The van der Waals surface area contributed by atoms with Crippen molar-refractivity contribution in [1.82, 2.24) is 29.6 Å². The Bertz CT molecular complexity index is 1160. The minimum absolute atomic E-state index is 0.163. The molecule has 1 amide bonds. The molecule has 0 bridgehead atoms. The van der Waals surface area contributed by atoms with Gasteiger partial charge in [0.05, 0.1) is 28.9 Å². The van der Waals surface area contributed by atoms with Crippen molar-refractivity contribution >= 4 is 34.4 Å². The molecule has 1 aliphatic heterocycles. The van der Waals surface area contributed by atoms with Crippen LogP contribution in [0.5, 0.6) is 0 Å². The number of rotatable bonds is 6. The van der Waals surface area contributed by atoms with Crippen LogP contribution in [0.15, 0.2) is 31.2 Å². The smallest absolute Gasteiger partial charge is 0.246 e. The van der Waals surface area contributed by atoms with Crippen molar-refractivity contribution in [2.75, 3.05) is 23.7 Å². The normalized spacial score (nSPS) is 18.5. The third-order valence-corrected chi connectivity index (χ3v) is 5.20. The summed E-state index contributed by atoms with van der Waals surface area (Å²) >= 11 is 0. The number of halogens is 1. The number of amides is 1. The number of hydrogen-bond acceptors (Lipinski definition) is 7. The summed E-state index contributed by atoms with van der Waals surface area (Å²) in [7, 11) is 0. The first-order valence-corrected chi connectivity index (χ1v) is 9.93. The number of carbonyl (C=O) groups excluding carboxylic acids is 1. The molecule has 4 rings (SSSR count). The van der Waals surface area contributed by atoms with Crippen molar-refractivity contribution < 1.29 is 9.18 Å². The second kappa shape index (κ2) is 8.43. The van der Waals surface area contributed by atoms with Gasteiger partial charge in [0.2, 0.25) is 11.9 Å². The molecular formula is C20H22FN9O. The van der Waals surface area contributed by atoms with Gasteiger partial charge in [0, 0.05) is 32.0 Å². The summed E-state index contributed by atoms with van der Waals surface area (Å²) in [6, 6.07) is 1.41. The van der Waals surface area contributed by atoms with Crippen molar-refractivity contribution in [1.29, 1.82) is 5.26 Å². The maximum Gasteiger partial charge on any atom is 0.246 e. The molecule has 0 spiro atoms. The predicted molar refractivity (Wildman–Crippen MR) is 113 cm³/mol. The molecule has 3 aromatic rings. The third kappa shape index (κ3) is 4.05. The molecule has 0 unspecified atom stereocenters. The van der Waals surface area contributed by atoms with Crippen LogP contribution in [0, 0.1) is 11.3 Å². The van der Waals surface area contributed by atoms with Crippen LogP contribution in [-0.2, 0) is 11.3 Å². The van der Waals surface area contributed by atoms with Gasteiger partial charge in [-0.2, -0.15) is 20.3 Å². The molecule has 160 valence electrons. The summed E-state index contributed by atoms with van der Waals surface area (Å²) in [5, 5.41) is 20.3. The van der Waals surface area contributed by atoms with Crippen molar-refractivity contribution in [3.8, 4) is 6.07 Å². The van der Waals surface area contributed by atoms with Gasteiger partial charge < -0.3 is 20.5 Å². The van der Waals surface area contributed by atoms with Gasteiger partial charge >= 0.3 is 0 Å². The molecule has 0 saturated carbocycles. The standard InChI is InChI=1S/C20H22FN9O/c1-3-16(31)29-6-5-14(21)15(11-29)26-19-17-12(7-22)8-23-18(17)27-20(28-19)25-13-9-24-30(4-2)10-13/h3,8-10,14-15H,1,4-6,11H2,2H3,(H3,23,25,26,27,28)/t14-,15+/m1/s1. The number of nitrogens with one attached hydrogen (secondary N) is 3. The lowest BCUT2D eigenvalue weighted by Crippen LogP contribution is -2.50. The number of hydrogen-bond donors (Lipinski definition) is 3. The zero-order chi connectivity index (χ0) is 22.0. The van der Waals surface area contributed by atoms with Gasteiger partial charge in [-0.3, -0.25) is 9.48 Å². The van der Waals surface area contributed by atoms with E-state index >= 15 is 0 Å². The topological polar surface area (TPSA) is 128 Å². The Balaban J connectivity index is 1.67. The number of likely N-dealkylation sites (tertiary alicyclic amines) is 1. The molecule has 1 saturated heterocycles. The Hall–Kier alpha value is -3.94. The van der Waals surface area contributed by atoms with Crippen molar-refractivity contribution in [2.45, 2.75) is 32.1 Å². The van der Waals surface area contributed by atoms with Crippen LogP contribution in [0.3, 0.4) is 0 Å². The van der Waals surface area contributed by atoms with Gasteiger partial charge in [0.15, 0.2) is 0 Å². The Morgan fingerprint density at radius 2 is 2.35 bits per heavy atom. The molecule has 10 nitrogen and oxygen atoms in total. The highest BCUT2D eigenvalue weighted by Gasteiger charge is 2.32. The average molecular weight is 423 g/mol. The van der Waals surface area contributed by atoms with Gasteiger partial charge in [-0.25, -0.2) is 4.39 Å². The van der Waals surface area contributed by atoms with E-state index in [1.54, 1.807) is 15.8 Å². The Labute approximate surface area is 177 Å². The molecule has 1 fully saturated rings. The van der Waals surface area contributed by atoms with Crippen molar-refractivity contribution in [3.63, 3.8) is 0 Å². The van der Waals surface area contributed by atoms with Crippen molar-refractivity contribution in [3.05, 3.63) is 36.8 Å². The molecule has 31 heavy (non-hydrogen) atoms. The molecule has 11 heteroatoms. The van der Waals surface area contributed by atoms with E-state index in [2.05, 4.69) is 43.3 Å². The van der Waals surface area contributed by atoms with Gasteiger partial charge in [0.25, 0.3) is 0 Å². The van der Waals surface area contributed by atoms with Gasteiger partial charge in [0.1, 0.15) is 23.7 Å². The average Bonchev–Trinajstić information content (AvgIpc) is 3.41. The van der Waals surface area contributed by atoms with E-state index in [0.717, 1.165) is 6.54 Å². The first kappa shape index (κ1) is 20.3. The highest BCUT2D eigenvalue weighted by Crippen LogP contribution is 2.28. The summed E-state index contributed by atoms with van der Waals surface area (Å²) < 4.78 is 16.5. The van der Waals surface area contributed by atoms with E-state index in [1.807, 2.05) is 13.1 Å². The largest absolute Gasteiger partial charge is 0.362 e.